The van der Waals surface area contributed by atoms with Gasteiger partial charge in [-0.2, -0.15) is 5.26 Å². The van der Waals surface area contributed by atoms with Crippen molar-refractivity contribution in [3.63, 3.8) is 0 Å². The highest BCUT2D eigenvalue weighted by atomic mass is 16.6. The second kappa shape index (κ2) is 5.95. The third-order valence-electron chi connectivity index (χ3n) is 1.92. The van der Waals surface area contributed by atoms with E-state index in [1.54, 1.807) is 18.0 Å². The molecule has 0 fully saturated rings. The van der Waals surface area contributed by atoms with Gasteiger partial charge in [0.1, 0.15) is 18.9 Å². The predicted molar refractivity (Wildman–Crippen MR) is 63.2 cm³/mol. The summed E-state index contributed by atoms with van der Waals surface area (Å²) in [5.41, 5.74) is 0.817. The third-order valence-corrected chi connectivity index (χ3v) is 1.92. The van der Waals surface area contributed by atoms with Gasteiger partial charge in [0.05, 0.1) is 0 Å². The number of oxime groups is 1. The summed E-state index contributed by atoms with van der Waals surface area (Å²) >= 11 is 0. The Morgan fingerprint density at radius 2 is 1.94 bits per heavy atom. The lowest BCUT2D eigenvalue weighted by molar-refractivity contribution is 0.214. The highest BCUT2D eigenvalue weighted by Gasteiger charge is 2.04. The highest BCUT2D eigenvalue weighted by Crippen LogP contribution is 2.14. The van der Waals surface area contributed by atoms with Crippen molar-refractivity contribution in [1.82, 2.24) is 0 Å². The molecule has 0 aliphatic carbocycles. The second-order valence-electron chi connectivity index (χ2n) is 2.86. The van der Waals surface area contributed by atoms with Crippen LogP contribution >= 0.6 is 0 Å². The Kier molecular flexibility index (Phi) is 4.31. The molecule has 0 saturated carbocycles. The molecule has 6 nitrogen and oxygen atoms in total. The molecule has 17 heavy (non-hydrogen) atoms. The van der Waals surface area contributed by atoms with Crippen molar-refractivity contribution in [2.75, 3.05) is 7.11 Å². The first kappa shape index (κ1) is 12.3. The minimum atomic E-state index is -0.210. The minimum absolute atomic E-state index is 0.108. The number of hydrogen-bond donors (Lipinski definition) is 0. The maximum Gasteiger partial charge on any atom is 0.186 e. The number of nitrogens with zero attached hydrogens (tertiary/aromatic N) is 4. The number of hydrogen-bond acceptors (Lipinski definition) is 5. The fourth-order valence-electron chi connectivity index (χ4n) is 1.15. The Labute approximate surface area is 97.3 Å². The van der Waals surface area contributed by atoms with Crippen LogP contribution in [0.5, 0.6) is 0 Å². The molecule has 0 unspecified atom stereocenters. The molecule has 0 amide bonds. The maximum atomic E-state index is 10.3. The van der Waals surface area contributed by atoms with Crippen molar-refractivity contribution >= 4 is 17.3 Å². The van der Waals surface area contributed by atoms with Gasteiger partial charge in [-0.1, -0.05) is 29.4 Å². The van der Waals surface area contributed by atoms with Crippen LogP contribution in [0.4, 0.5) is 0 Å². The molecular formula is C11H7N4O2-. The van der Waals surface area contributed by atoms with Crippen molar-refractivity contribution in [3.05, 3.63) is 45.7 Å². The zero-order chi connectivity index (χ0) is 12.7. The summed E-state index contributed by atoms with van der Waals surface area (Å²) in [6.45, 7) is 0. The lowest BCUT2D eigenvalue weighted by Crippen LogP contribution is -1.98. The van der Waals surface area contributed by atoms with Gasteiger partial charge in [0.2, 0.25) is 0 Å². The fourth-order valence-corrected chi connectivity index (χ4v) is 1.15. The van der Waals surface area contributed by atoms with Crippen LogP contribution in [0, 0.1) is 16.2 Å². The van der Waals surface area contributed by atoms with Crippen LogP contribution in [0.15, 0.2) is 34.6 Å². The first-order valence-corrected chi connectivity index (χ1v) is 4.49. The van der Waals surface area contributed by atoms with Gasteiger partial charge in [-0.25, -0.2) is 5.87 Å². The average molecular weight is 227 g/mol. The second-order valence-corrected chi connectivity index (χ2v) is 2.86. The lowest BCUT2D eigenvalue weighted by atomic mass is 10.1. The summed E-state index contributed by atoms with van der Waals surface area (Å²) in [5.74, 6) is 1.67. The van der Waals surface area contributed by atoms with Crippen molar-refractivity contribution in [3.8, 4) is 6.07 Å². The van der Waals surface area contributed by atoms with Crippen LogP contribution in [0.25, 0.3) is 11.1 Å². The van der Waals surface area contributed by atoms with Gasteiger partial charge in [0.25, 0.3) is 0 Å². The Morgan fingerprint density at radius 1 is 1.35 bits per heavy atom. The molecule has 0 bridgehead atoms. The fraction of sp³-hybridized carbons (Fsp3) is 0.0909. The highest BCUT2D eigenvalue weighted by molar-refractivity contribution is 6.11. The zero-order valence-electron chi connectivity index (χ0n) is 8.91. The minimum Gasteiger partial charge on any atom is -0.761 e. The van der Waals surface area contributed by atoms with Gasteiger partial charge in [-0.05, 0) is 5.18 Å². The maximum absolute atomic E-state index is 10.3. The van der Waals surface area contributed by atoms with E-state index in [2.05, 4.69) is 15.2 Å². The van der Waals surface area contributed by atoms with Gasteiger partial charge in [-0.15, -0.1) is 4.91 Å². The Balaban J connectivity index is 3.12. The summed E-state index contributed by atoms with van der Waals surface area (Å²) in [6.07, 6.45) is 0. The molecule has 1 rings (SSSR count). The number of nitroso groups, excluding NO2 is 1. The quantitative estimate of drug-likeness (QED) is 0.446. The molecule has 1 aromatic carbocycles. The molecule has 0 aliphatic heterocycles. The molecule has 84 valence electrons. The SMILES string of the molecule is CO/N=C(\C#N)c1ccc(C(=C=[N-])N=O)cc1. The van der Waals surface area contributed by atoms with Crippen LogP contribution in [0.3, 0.4) is 0 Å². The lowest BCUT2D eigenvalue weighted by Gasteiger charge is -2.00. The smallest absolute Gasteiger partial charge is 0.186 e. The molecule has 1 aromatic rings. The molecule has 0 saturated heterocycles. The van der Waals surface area contributed by atoms with Crippen LogP contribution in [0.2, 0.25) is 0 Å². The predicted octanol–water partition coefficient (Wildman–Crippen LogP) is 1.91. The van der Waals surface area contributed by atoms with E-state index in [1.165, 1.54) is 19.2 Å². The normalized spacial score (nSPS) is 10.0. The van der Waals surface area contributed by atoms with E-state index in [-0.39, 0.29) is 11.4 Å². The van der Waals surface area contributed by atoms with Crippen molar-refractivity contribution in [2.24, 2.45) is 10.3 Å². The van der Waals surface area contributed by atoms with Gasteiger partial charge < -0.3 is 10.2 Å². The summed E-state index contributed by atoms with van der Waals surface area (Å²) in [7, 11) is 1.34. The van der Waals surface area contributed by atoms with Crippen molar-refractivity contribution in [1.29, 1.82) is 5.26 Å². The van der Waals surface area contributed by atoms with E-state index in [1.807, 2.05) is 6.07 Å². The first-order valence-electron chi connectivity index (χ1n) is 4.49. The molecule has 0 aromatic heterocycles. The van der Waals surface area contributed by atoms with Crippen molar-refractivity contribution < 1.29 is 4.84 Å². The first-order chi connectivity index (χ1) is 8.26. The molecule has 0 N–H and O–H groups in total. The van der Waals surface area contributed by atoms with Crippen LogP contribution < -0.4 is 0 Å². The van der Waals surface area contributed by atoms with Crippen molar-refractivity contribution in [2.45, 2.75) is 0 Å². The monoisotopic (exact) mass is 227 g/mol. The standard InChI is InChI=1S/C11H7N4O2/c1-17-15-11(7-13)9-4-2-8(3-5-9)10(6-12)14-16/h2-5H,1H3/q-1/b15-11+. The molecule has 0 aliphatic rings. The average Bonchev–Trinajstić information content (AvgIpc) is 2.38. The van der Waals surface area contributed by atoms with E-state index in [4.69, 9.17) is 10.7 Å². The Bertz CT molecular complexity index is 534. The van der Waals surface area contributed by atoms with Gasteiger partial charge in [-0.3, -0.25) is 0 Å². The molecule has 6 heteroatoms. The number of rotatable bonds is 4. The van der Waals surface area contributed by atoms with E-state index in [0.717, 1.165) is 0 Å². The summed E-state index contributed by atoms with van der Waals surface area (Å²) in [6, 6.07) is 8.00. The van der Waals surface area contributed by atoms with E-state index in [9.17, 15) is 4.91 Å². The van der Waals surface area contributed by atoms with Crippen LogP contribution in [0.1, 0.15) is 11.1 Å². The number of nitriles is 1. The van der Waals surface area contributed by atoms with Gasteiger partial charge >= 0.3 is 0 Å². The molecule has 0 spiro atoms. The third kappa shape index (κ3) is 2.84. The topological polar surface area (TPSA) is 97.1 Å². The molecular weight excluding hydrogens is 220 g/mol. The molecule has 0 atom stereocenters. The summed E-state index contributed by atoms with van der Waals surface area (Å²) < 4.78 is 0. The molecule has 0 heterocycles. The number of benzene rings is 1. The van der Waals surface area contributed by atoms with E-state index >= 15 is 0 Å². The largest absolute Gasteiger partial charge is 0.761 e. The van der Waals surface area contributed by atoms with Gasteiger partial charge in [0, 0.05) is 11.1 Å². The molecule has 0 radical (unpaired) electrons. The van der Waals surface area contributed by atoms with Crippen LogP contribution in [-0.2, 0) is 4.84 Å². The summed E-state index contributed by atoms with van der Waals surface area (Å²) in [4.78, 5) is 14.8. The van der Waals surface area contributed by atoms with Gasteiger partial charge in [0.15, 0.2) is 5.71 Å². The zero-order valence-corrected chi connectivity index (χ0v) is 8.91. The van der Waals surface area contributed by atoms with E-state index < -0.39 is 0 Å². The summed E-state index contributed by atoms with van der Waals surface area (Å²) in [5, 5.41) is 23.5. The van der Waals surface area contributed by atoms with Crippen LogP contribution in [-0.4, -0.2) is 18.7 Å². The Hall–Kier alpha value is -2.77. The van der Waals surface area contributed by atoms with E-state index in [0.29, 0.717) is 11.1 Å². The Morgan fingerprint density at radius 3 is 2.35 bits per heavy atom.